The topological polar surface area (TPSA) is 64.1 Å². The highest BCUT2D eigenvalue weighted by Gasteiger charge is 2.14. The highest BCUT2D eigenvalue weighted by molar-refractivity contribution is 5.77. The second-order valence-corrected chi connectivity index (χ2v) is 5.23. The van der Waals surface area contributed by atoms with Crippen LogP contribution in [0.4, 0.5) is 0 Å². The molecule has 0 aliphatic carbocycles. The monoisotopic (exact) mass is 273 g/mol. The average molecular weight is 273 g/mol. The molecule has 1 N–H and O–H groups in total. The van der Waals surface area contributed by atoms with Crippen molar-refractivity contribution in [2.24, 2.45) is 0 Å². The Morgan fingerprint density at radius 2 is 1.32 bits per heavy atom. The summed E-state index contributed by atoms with van der Waals surface area (Å²) in [7, 11) is 7.89. The largest absolute Gasteiger partial charge is 0.481 e. The Balaban J connectivity index is 4.19. The Morgan fingerprint density at radius 3 is 1.68 bits per heavy atom. The van der Waals surface area contributed by atoms with E-state index in [0.717, 1.165) is 13.1 Å². The average Bonchev–Trinajstić information content (AvgIpc) is 2.27. The van der Waals surface area contributed by atoms with Crippen LogP contribution in [0, 0.1) is 0 Å². The molecule has 0 saturated heterocycles. The van der Waals surface area contributed by atoms with Gasteiger partial charge in [0.05, 0.1) is 0 Å². The molecule has 0 atom stereocenters. The molecule has 6 heteroatoms. The number of hydrogen-bond donors (Lipinski definition) is 1. The van der Waals surface area contributed by atoms with Gasteiger partial charge < -0.3 is 19.8 Å². The number of carboxylic acid groups (broad SMARTS) is 1. The van der Waals surface area contributed by atoms with Crippen molar-refractivity contribution >= 4 is 11.9 Å². The van der Waals surface area contributed by atoms with Crippen LogP contribution in [0.5, 0.6) is 0 Å². The summed E-state index contributed by atoms with van der Waals surface area (Å²) in [6.07, 6.45) is 0.780. The van der Waals surface area contributed by atoms with Gasteiger partial charge in [-0.25, -0.2) is 0 Å². The first-order valence-electron chi connectivity index (χ1n) is 6.62. The first kappa shape index (κ1) is 17.9. The molecule has 0 aliphatic rings. The molecule has 0 aromatic rings. The molecule has 1 amide bonds. The summed E-state index contributed by atoms with van der Waals surface area (Å²) >= 11 is 0. The van der Waals surface area contributed by atoms with E-state index in [1.54, 1.807) is 0 Å². The fourth-order valence-corrected chi connectivity index (χ4v) is 1.55. The molecule has 0 heterocycles. The minimum Gasteiger partial charge on any atom is -0.481 e. The molecule has 0 fully saturated rings. The van der Waals surface area contributed by atoms with Gasteiger partial charge in [-0.1, -0.05) is 0 Å². The molecule has 19 heavy (non-hydrogen) atoms. The highest BCUT2D eigenvalue weighted by atomic mass is 16.4. The molecule has 0 aliphatic heterocycles. The molecule has 0 aromatic carbocycles. The lowest BCUT2D eigenvalue weighted by Crippen LogP contribution is -2.40. The van der Waals surface area contributed by atoms with Crippen LogP contribution in [-0.2, 0) is 9.59 Å². The number of amides is 1. The highest BCUT2D eigenvalue weighted by Crippen LogP contribution is 2.02. The van der Waals surface area contributed by atoms with Crippen LogP contribution in [0.2, 0.25) is 0 Å². The van der Waals surface area contributed by atoms with E-state index in [9.17, 15) is 9.59 Å². The Labute approximate surface area is 116 Å². The maximum atomic E-state index is 12.0. The Hall–Kier alpha value is -1.14. The lowest BCUT2D eigenvalue weighted by molar-refractivity contribution is -0.137. The summed E-state index contributed by atoms with van der Waals surface area (Å²) in [5.41, 5.74) is 0. The third-order valence-corrected chi connectivity index (χ3v) is 2.77. The third-order valence-electron chi connectivity index (χ3n) is 2.77. The van der Waals surface area contributed by atoms with Gasteiger partial charge in [0, 0.05) is 39.0 Å². The van der Waals surface area contributed by atoms with Crippen LogP contribution in [0.25, 0.3) is 0 Å². The summed E-state index contributed by atoms with van der Waals surface area (Å²) in [5, 5.41) is 8.58. The van der Waals surface area contributed by atoms with E-state index < -0.39 is 5.97 Å². The second kappa shape index (κ2) is 9.75. The van der Waals surface area contributed by atoms with Crippen molar-refractivity contribution in [3.63, 3.8) is 0 Å². The van der Waals surface area contributed by atoms with E-state index in [2.05, 4.69) is 0 Å². The van der Waals surface area contributed by atoms with Crippen molar-refractivity contribution in [3.8, 4) is 0 Å². The zero-order valence-corrected chi connectivity index (χ0v) is 12.6. The van der Waals surface area contributed by atoms with E-state index in [0.29, 0.717) is 25.9 Å². The van der Waals surface area contributed by atoms with Gasteiger partial charge in [-0.3, -0.25) is 9.59 Å². The predicted octanol–water partition coefficient (Wildman–Crippen LogP) is 0.193. The summed E-state index contributed by atoms with van der Waals surface area (Å²) in [6, 6.07) is 0. The number of rotatable bonds is 10. The molecule has 0 rings (SSSR count). The van der Waals surface area contributed by atoms with Crippen molar-refractivity contribution in [3.05, 3.63) is 0 Å². The molecule has 0 bridgehead atoms. The van der Waals surface area contributed by atoms with Crippen LogP contribution in [-0.4, -0.2) is 86.1 Å². The zero-order valence-electron chi connectivity index (χ0n) is 12.6. The Bertz CT molecular complexity index is 268. The van der Waals surface area contributed by atoms with Crippen molar-refractivity contribution in [2.45, 2.75) is 19.3 Å². The quantitative estimate of drug-likeness (QED) is 0.616. The molecular weight excluding hydrogens is 246 g/mol. The van der Waals surface area contributed by atoms with Crippen molar-refractivity contribution < 1.29 is 14.7 Å². The van der Waals surface area contributed by atoms with E-state index in [-0.39, 0.29) is 12.3 Å². The fourth-order valence-electron chi connectivity index (χ4n) is 1.55. The van der Waals surface area contributed by atoms with E-state index in [1.165, 1.54) is 0 Å². The fraction of sp³-hybridized carbons (Fsp3) is 0.846. The predicted molar refractivity (Wildman–Crippen MR) is 75.2 cm³/mol. The lowest BCUT2D eigenvalue weighted by Gasteiger charge is -2.26. The molecule has 0 aromatic heterocycles. The van der Waals surface area contributed by atoms with Gasteiger partial charge in [0.15, 0.2) is 0 Å². The normalized spacial score (nSPS) is 11.1. The molecule has 6 nitrogen and oxygen atoms in total. The van der Waals surface area contributed by atoms with Gasteiger partial charge in [0.1, 0.15) is 0 Å². The molecular formula is C13H27N3O3. The third kappa shape index (κ3) is 10.5. The van der Waals surface area contributed by atoms with E-state index in [4.69, 9.17) is 5.11 Å². The standard InChI is InChI=1S/C13H27N3O3/c1-14(2)8-10-16(11-9-15(3)4)12(17)6-5-7-13(18)19/h5-11H2,1-4H3,(H,18,19). The van der Waals surface area contributed by atoms with Gasteiger partial charge in [-0.05, 0) is 34.6 Å². The minimum atomic E-state index is -0.846. The van der Waals surface area contributed by atoms with Crippen LogP contribution in [0.1, 0.15) is 19.3 Å². The SMILES string of the molecule is CN(C)CCN(CCN(C)C)C(=O)CCCC(=O)O. The van der Waals surface area contributed by atoms with Gasteiger partial charge >= 0.3 is 5.97 Å². The van der Waals surface area contributed by atoms with Gasteiger partial charge in [0.2, 0.25) is 5.91 Å². The van der Waals surface area contributed by atoms with Crippen molar-refractivity contribution in [2.75, 3.05) is 54.4 Å². The zero-order chi connectivity index (χ0) is 14.8. The molecule has 0 spiro atoms. The van der Waals surface area contributed by atoms with Gasteiger partial charge in [-0.15, -0.1) is 0 Å². The van der Waals surface area contributed by atoms with E-state index >= 15 is 0 Å². The van der Waals surface area contributed by atoms with E-state index in [1.807, 2.05) is 42.9 Å². The minimum absolute atomic E-state index is 0.0463. The van der Waals surface area contributed by atoms with Gasteiger partial charge in [0.25, 0.3) is 0 Å². The molecule has 0 unspecified atom stereocenters. The number of carboxylic acids is 1. The van der Waals surface area contributed by atoms with Crippen LogP contribution >= 0.6 is 0 Å². The Kier molecular flexibility index (Phi) is 9.16. The van der Waals surface area contributed by atoms with Crippen molar-refractivity contribution in [1.29, 1.82) is 0 Å². The number of carbonyl (C=O) groups excluding carboxylic acids is 1. The second-order valence-electron chi connectivity index (χ2n) is 5.23. The number of likely N-dealkylation sites (N-methyl/N-ethyl adjacent to an activating group) is 2. The lowest BCUT2D eigenvalue weighted by atomic mass is 10.2. The Morgan fingerprint density at radius 1 is 0.842 bits per heavy atom. The summed E-state index contributed by atoms with van der Waals surface area (Å²) in [6.45, 7) is 3.01. The first-order valence-corrected chi connectivity index (χ1v) is 6.62. The first-order chi connectivity index (χ1) is 8.82. The number of hydrogen-bond acceptors (Lipinski definition) is 4. The van der Waals surface area contributed by atoms with Crippen LogP contribution < -0.4 is 0 Å². The smallest absolute Gasteiger partial charge is 0.303 e. The maximum Gasteiger partial charge on any atom is 0.303 e. The van der Waals surface area contributed by atoms with Crippen LogP contribution in [0.15, 0.2) is 0 Å². The summed E-state index contributed by atoms with van der Waals surface area (Å²) < 4.78 is 0. The molecule has 0 saturated carbocycles. The molecule has 0 radical (unpaired) electrons. The maximum absolute atomic E-state index is 12.0. The van der Waals surface area contributed by atoms with Crippen LogP contribution in [0.3, 0.4) is 0 Å². The molecule has 112 valence electrons. The number of aliphatic carboxylic acids is 1. The van der Waals surface area contributed by atoms with Crippen molar-refractivity contribution in [1.82, 2.24) is 14.7 Å². The number of nitrogens with zero attached hydrogens (tertiary/aromatic N) is 3. The summed E-state index contributed by atoms with van der Waals surface area (Å²) in [5.74, 6) is -0.800. The number of carbonyl (C=O) groups is 2. The summed E-state index contributed by atoms with van der Waals surface area (Å²) in [4.78, 5) is 28.4. The van der Waals surface area contributed by atoms with Gasteiger partial charge in [-0.2, -0.15) is 0 Å².